The molecule has 0 aromatic heterocycles. The molecule has 0 spiro atoms. The van der Waals surface area contributed by atoms with Crippen molar-refractivity contribution in [3.05, 3.63) is 0 Å². The number of amides is 1. The molecule has 190 valence electrons. The third-order valence-electron chi connectivity index (χ3n) is 10.8. The van der Waals surface area contributed by atoms with E-state index in [1.165, 1.54) is 12.8 Å². The van der Waals surface area contributed by atoms with Crippen LogP contribution in [0.15, 0.2) is 0 Å². The van der Waals surface area contributed by atoms with Crippen LogP contribution in [0, 0.1) is 46.3 Å². The van der Waals surface area contributed by atoms with Crippen LogP contribution in [0.25, 0.3) is 0 Å². The minimum atomic E-state index is -1.02. The van der Waals surface area contributed by atoms with Crippen LogP contribution in [0.5, 0.6) is 0 Å². The predicted molar refractivity (Wildman–Crippen MR) is 125 cm³/mol. The Hall–Kier alpha value is -1.18. The summed E-state index contributed by atoms with van der Waals surface area (Å²) < 4.78 is 0. The van der Waals surface area contributed by atoms with Crippen molar-refractivity contribution >= 4 is 11.9 Å². The molecular weight excluding hydrogens is 422 g/mol. The highest BCUT2D eigenvalue weighted by molar-refractivity contribution is 5.81. The third kappa shape index (κ3) is 4.57. The standard InChI is InChI=1S/C26H43NO5.H2O/c1-15(4-9-23(30)27-14-24(31)32)19-7-8-20-18-6-5-16-12-17(28)10-11-25(16,2)21(18)13-22(29)26(19,20)3;/h15-22,28-29H,4-14H2,1-3H3,(H,27,30)(H,31,32);1H2/t15-,16+,17-,18+,19?,20-,21-,22+,25+,26+;/m1./s1. The molecule has 0 bridgehead atoms. The lowest BCUT2D eigenvalue weighted by Gasteiger charge is -2.62. The molecule has 0 aromatic rings. The fourth-order valence-electron chi connectivity index (χ4n) is 8.98. The molecular formula is C26H45NO6. The molecule has 4 fully saturated rings. The predicted octanol–water partition coefficient (Wildman–Crippen LogP) is 2.77. The number of aliphatic carboxylic acids is 1. The van der Waals surface area contributed by atoms with Gasteiger partial charge >= 0.3 is 5.97 Å². The molecule has 4 aliphatic carbocycles. The summed E-state index contributed by atoms with van der Waals surface area (Å²) in [6, 6.07) is 0. The van der Waals surface area contributed by atoms with Crippen LogP contribution in [0.4, 0.5) is 0 Å². The van der Waals surface area contributed by atoms with Crippen molar-refractivity contribution in [2.45, 2.75) is 97.2 Å². The Labute approximate surface area is 198 Å². The summed E-state index contributed by atoms with van der Waals surface area (Å²) in [5.74, 6) is 1.84. The zero-order valence-electron chi connectivity index (χ0n) is 20.6. The summed E-state index contributed by atoms with van der Waals surface area (Å²) in [7, 11) is 0. The molecule has 7 nitrogen and oxygen atoms in total. The molecule has 4 rings (SSSR count). The number of hydrogen-bond donors (Lipinski definition) is 4. The summed E-state index contributed by atoms with van der Waals surface area (Å²) in [5, 5.41) is 33.0. The molecule has 0 saturated heterocycles. The van der Waals surface area contributed by atoms with Crippen molar-refractivity contribution in [1.29, 1.82) is 0 Å². The second-order valence-corrected chi connectivity index (χ2v) is 12.1. The van der Waals surface area contributed by atoms with Gasteiger partial charge in [-0.25, -0.2) is 0 Å². The zero-order chi connectivity index (χ0) is 23.3. The number of rotatable bonds is 6. The van der Waals surface area contributed by atoms with Gasteiger partial charge in [0.05, 0.1) is 12.2 Å². The first-order chi connectivity index (χ1) is 15.1. The monoisotopic (exact) mass is 467 g/mol. The highest BCUT2D eigenvalue weighted by atomic mass is 16.4. The van der Waals surface area contributed by atoms with Crippen molar-refractivity contribution in [1.82, 2.24) is 5.32 Å². The molecule has 0 heterocycles. The minimum absolute atomic E-state index is 0. The van der Waals surface area contributed by atoms with Gasteiger partial charge in [0.2, 0.25) is 5.91 Å². The largest absolute Gasteiger partial charge is 0.480 e. The average molecular weight is 468 g/mol. The van der Waals surface area contributed by atoms with Gasteiger partial charge in [-0.3, -0.25) is 9.59 Å². The number of carbonyl (C=O) groups excluding carboxylic acids is 1. The second-order valence-electron chi connectivity index (χ2n) is 12.1. The van der Waals surface area contributed by atoms with E-state index in [-0.39, 0.29) is 41.0 Å². The highest BCUT2D eigenvalue weighted by Crippen LogP contribution is 2.68. The van der Waals surface area contributed by atoms with Gasteiger partial charge in [-0.15, -0.1) is 0 Å². The SMILES string of the molecule is C[C@H](CCC(=O)NCC(=O)O)C1CC[C@@H]2[C@@H]3CC[C@H]4C[C@H](O)CC[C@]4(C)[C@@H]3C[C@H](O)[C@@]12C.O. The van der Waals surface area contributed by atoms with E-state index in [4.69, 9.17) is 5.11 Å². The van der Waals surface area contributed by atoms with Crippen molar-refractivity contribution < 1.29 is 30.4 Å². The maximum absolute atomic E-state index is 12.0. The summed E-state index contributed by atoms with van der Waals surface area (Å²) >= 11 is 0. The first-order valence-electron chi connectivity index (χ1n) is 12.9. The number of hydrogen-bond acceptors (Lipinski definition) is 4. The number of carboxylic acids is 1. The van der Waals surface area contributed by atoms with Crippen LogP contribution >= 0.6 is 0 Å². The normalized spacial score (nSPS) is 45.1. The Morgan fingerprint density at radius 2 is 1.76 bits per heavy atom. The Bertz CT molecular complexity index is 730. The lowest BCUT2D eigenvalue weighted by molar-refractivity contribution is -0.175. The number of carbonyl (C=O) groups is 2. The molecule has 4 aliphatic rings. The molecule has 0 aliphatic heterocycles. The Kier molecular flexibility index (Phi) is 7.87. The molecule has 6 N–H and O–H groups in total. The van der Waals surface area contributed by atoms with Gasteiger partial charge in [-0.2, -0.15) is 0 Å². The topological polar surface area (TPSA) is 138 Å². The van der Waals surface area contributed by atoms with Gasteiger partial charge in [0.25, 0.3) is 0 Å². The number of fused-ring (bicyclic) bond motifs is 5. The summed E-state index contributed by atoms with van der Waals surface area (Å²) in [4.78, 5) is 22.7. The van der Waals surface area contributed by atoms with E-state index in [1.807, 2.05) is 0 Å². The molecule has 0 radical (unpaired) electrons. The average Bonchev–Trinajstić information content (AvgIpc) is 3.10. The Morgan fingerprint density at radius 3 is 2.45 bits per heavy atom. The molecule has 1 unspecified atom stereocenters. The van der Waals surface area contributed by atoms with Crippen LogP contribution in [0.1, 0.15) is 85.0 Å². The van der Waals surface area contributed by atoms with Crippen LogP contribution in [0.2, 0.25) is 0 Å². The van der Waals surface area contributed by atoms with E-state index in [1.54, 1.807) is 0 Å². The van der Waals surface area contributed by atoms with Crippen molar-refractivity contribution in [3.8, 4) is 0 Å². The molecule has 4 saturated carbocycles. The van der Waals surface area contributed by atoms with Crippen LogP contribution in [-0.4, -0.2) is 51.4 Å². The molecule has 7 heteroatoms. The maximum Gasteiger partial charge on any atom is 0.322 e. The van der Waals surface area contributed by atoms with Gasteiger partial charge in [-0.1, -0.05) is 20.8 Å². The first kappa shape index (κ1) is 26.4. The maximum atomic E-state index is 12.0. The molecule has 33 heavy (non-hydrogen) atoms. The van der Waals surface area contributed by atoms with Crippen molar-refractivity contribution in [3.63, 3.8) is 0 Å². The van der Waals surface area contributed by atoms with Crippen molar-refractivity contribution in [2.75, 3.05) is 6.54 Å². The Morgan fingerprint density at radius 1 is 1.03 bits per heavy atom. The fraction of sp³-hybridized carbons (Fsp3) is 0.923. The third-order valence-corrected chi connectivity index (χ3v) is 10.8. The minimum Gasteiger partial charge on any atom is -0.480 e. The smallest absolute Gasteiger partial charge is 0.322 e. The summed E-state index contributed by atoms with van der Waals surface area (Å²) in [5.41, 5.74) is 0.145. The number of nitrogens with one attached hydrogen (secondary N) is 1. The van der Waals surface area contributed by atoms with E-state index in [2.05, 4.69) is 26.1 Å². The van der Waals surface area contributed by atoms with E-state index in [9.17, 15) is 19.8 Å². The fourth-order valence-corrected chi connectivity index (χ4v) is 8.98. The van der Waals surface area contributed by atoms with Crippen LogP contribution in [-0.2, 0) is 9.59 Å². The van der Waals surface area contributed by atoms with Crippen LogP contribution in [0.3, 0.4) is 0 Å². The van der Waals surface area contributed by atoms with Crippen molar-refractivity contribution in [2.24, 2.45) is 46.3 Å². The first-order valence-corrected chi connectivity index (χ1v) is 12.9. The Balaban J connectivity index is 0.00000306. The number of aliphatic hydroxyl groups excluding tert-OH is 2. The molecule has 1 amide bonds. The lowest BCUT2D eigenvalue weighted by Crippen LogP contribution is -2.58. The van der Waals surface area contributed by atoms with E-state index >= 15 is 0 Å². The summed E-state index contributed by atoms with van der Waals surface area (Å²) in [6.07, 6.45) is 9.12. The van der Waals surface area contributed by atoms with Crippen LogP contribution < -0.4 is 5.32 Å². The summed E-state index contributed by atoms with van der Waals surface area (Å²) in [6.45, 7) is 6.65. The number of carboxylic acid groups (broad SMARTS) is 1. The molecule has 0 aromatic carbocycles. The van der Waals surface area contributed by atoms with E-state index < -0.39 is 5.97 Å². The van der Waals surface area contributed by atoms with Gasteiger partial charge in [0.15, 0.2) is 0 Å². The molecule has 10 atom stereocenters. The van der Waals surface area contributed by atoms with Gasteiger partial charge < -0.3 is 26.1 Å². The zero-order valence-corrected chi connectivity index (χ0v) is 20.6. The second kappa shape index (κ2) is 9.82. The highest BCUT2D eigenvalue weighted by Gasteiger charge is 2.63. The van der Waals surface area contributed by atoms with Gasteiger partial charge in [0, 0.05) is 6.42 Å². The van der Waals surface area contributed by atoms with E-state index in [0.717, 1.165) is 44.9 Å². The quantitative estimate of drug-likeness (QED) is 0.476. The van der Waals surface area contributed by atoms with Gasteiger partial charge in [-0.05, 0) is 104 Å². The van der Waals surface area contributed by atoms with Gasteiger partial charge in [0.1, 0.15) is 6.54 Å². The van der Waals surface area contributed by atoms with E-state index in [0.29, 0.717) is 41.9 Å². The lowest BCUT2D eigenvalue weighted by atomic mass is 9.43. The number of aliphatic hydroxyl groups is 2.